The van der Waals surface area contributed by atoms with Crippen LogP contribution in [0.1, 0.15) is 25.7 Å². The van der Waals surface area contributed by atoms with Crippen LogP contribution in [-0.4, -0.2) is 31.8 Å². The molecule has 2 aliphatic rings. The van der Waals surface area contributed by atoms with Gasteiger partial charge in [0.1, 0.15) is 0 Å². The fourth-order valence-corrected chi connectivity index (χ4v) is 7.31. The Morgan fingerprint density at radius 3 is 1.69 bits per heavy atom. The van der Waals surface area contributed by atoms with Gasteiger partial charge < -0.3 is 13.0 Å². The van der Waals surface area contributed by atoms with E-state index in [4.69, 9.17) is 13.0 Å². The Balaban J connectivity index is 1.69. The summed E-state index contributed by atoms with van der Waals surface area (Å²) in [5, 5.41) is 0. The van der Waals surface area contributed by atoms with E-state index in [0.29, 0.717) is 0 Å². The topological polar surface area (TPSA) is 27.7 Å². The van der Waals surface area contributed by atoms with Crippen molar-refractivity contribution in [3.8, 4) is 0 Å². The van der Waals surface area contributed by atoms with Crippen LogP contribution in [0, 0.1) is 0 Å². The molecule has 0 saturated carbocycles. The lowest BCUT2D eigenvalue weighted by Crippen LogP contribution is -2.37. The number of hydrogen-bond donors (Lipinski definition) is 0. The zero-order chi connectivity index (χ0) is 8.93. The van der Waals surface area contributed by atoms with E-state index in [1.807, 2.05) is 0 Å². The maximum atomic E-state index is 5.97. The van der Waals surface area contributed by atoms with E-state index in [2.05, 4.69) is 0 Å². The maximum Gasteiger partial charge on any atom is 0.312 e. The Morgan fingerprint density at radius 2 is 1.31 bits per heavy atom. The van der Waals surface area contributed by atoms with Gasteiger partial charge >= 0.3 is 18.6 Å². The molecule has 2 rings (SSSR count). The molecule has 76 valence electrons. The molecule has 3 nitrogen and oxygen atoms in total. The minimum atomic E-state index is -1.26. The highest BCUT2D eigenvalue weighted by Crippen LogP contribution is 2.17. The highest BCUT2D eigenvalue weighted by Gasteiger charge is 2.25. The van der Waals surface area contributed by atoms with Crippen molar-refractivity contribution < 1.29 is 13.0 Å². The molecule has 2 fully saturated rings. The Kier molecular flexibility index (Phi) is 3.99. The summed E-state index contributed by atoms with van der Waals surface area (Å²) in [4.78, 5) is 0. The van der Waals surface area contributed by atoms with E-state index in [9.17, 15) is 0 Å². The minimum absolute atomic E-state index is 0.929. The van der Waals surface area contributed by atoms with Gasteiger partial charge in [-0.3, -0.25) is 0 Å². The first kappa shape index (κ1) is 9.85. The van der Waals surface area contributed by atoms with E-state index in [-0.39, 0.29) is 0 Å². The monoisotopic (exact) mass is 218 g/mol. The molecule has 0 radical (unpaired) electrons. The van der Waals surface area contributed by atoms with Crippen molar-refractivity contribution in [3.05, 3.63) is 0 Å². The first-order valence-corrected chi connectivity index (χ1v) is 8.86. The average molecular weight is 218 g/mol. The zero-order valence-electron chi connectivity index (χ0n) is 8.04. The van der Waals surface area contributed by atoms with Crippen molar-refractivity contribution in [2.75, 3.05) is 13.2 Å². The summed E-state index contributed by atoms with van der Waals surface area (Å²) in [6.07, 6.45) is 5.05. The first-order chi connectivity index (χ1) is 6.45. The Bertz CT molecular complexity index is 128. The second kappa shape index (κ2) is 5.26. The predicted molar refractivity (Wildman–Crippen MR) is 55.4 cm³/mol. The third kappa shape index (κ3) is 3.17. The second-order valence-electron chi connectivity index (χ2n) is 3.73. The Hall–Kier alpha value is 0.314. The molecule has 5 heteroatoms. The molecule has 0 aliphatic carbocycles. The first-order valence-electron chi connectivity index (χ1n) is 5.34. The molecular formula is C8H18O3Si2. The Morgan fingerprint density at radius 1 is 0.769 bits per heavy atom. The van der Waals surface area contributed by atoms with Crippen molar-refractivity contribution in [2.45, 2.75) is 37.8 Å². The molecule has 0 aromatic rings. The standard InChI is InChI=1S/C8H18O3Si2/c1-3-7-12(9-5-1)11-13-8-4-2-6-10-13/h12-13H,1-8H2. The second-order valence-corrected chi connectivity index (χ2v) is 8.36. The molecule has 0 N–H and O–H groups in total. The summed E-state index contributed by atoms with van der Waals surface area (Å²) in [5.41, 5.74) is 0. The van der Waals surface area contributed by atoms with Gasteiger partial charge in [0.15, 0.2) is 0 Å². The molecule has 0 amide bonds. The van der Waals surface area contributed by atoms with Gasteiger partial charge in [0, 0.05) is 13.2 Å². The van der Waals surface area contributed by atoms with E-state index in [1.165, 1.54) is 37.8 Å². The molecule has 2 atom stereocenters. The molecule has 0 bridgehead atoms. The molecule has 13 heavy (non-hydrogen) atoms. The smallest absolute Gasteiger partial charge is 0.312 e. The van der Waals surface area contributed by atoms with Gasteiger partial charge in [-0.15, -0.1) is 0 Å². The zero-order valence-corrected chi connectivity index (χ0v) is 10.3. The van der Waals surface area contributed by atoms with Crippen molar-refractivity contribution in [3.63, 3.8) is 0 Å². The van der Waals surface area contributed by atoms with Crippen molar-refractivity contribution >= 4 is 18.6 Å². The predicted octanol–water partition coefficient (Wildman–Crippen LogP) is 1.06. The van der Waals surface area contributed by atoms with Crippen LogP contribution in [0.2, 0.25) is 12.1 Å². The van der Waals surface area contributed by atoms with Crippen LogP contribution in [0.4, 0.5) is 0 Å². The molecule has 2 aliphatic heterocycles. The molecule has 2 heterocycles. The van der Waals surface area contributed by atoms with Gasteiger partial charge in [-0.05, 0) is 37.8 Å². The average Bonchev–Trinajstić information content (AvgIpc) is 2.21. The molecule has 2 unspecified atom stereocenters. The van der Waals surface area contributed by atoms with Gasteiger partial charge in [-0.25, -0.2) is 0 Å². The van der Waals surface area contributed by atoms with Gasteiger partial charge in [0.25, 0.3) is 0 Å². The van der Waals surface area contributed by atoms with Gasteiger partial charge in [-0.1, -0.05) is 0 Å². The summed E-state index contributed by atoms with van der Waals surface area (Å²) in [7, 11) is -2.53. The van der Waals surface area contributed by atoms with Crippen molar-refractivity contribution in [1.29, 1.82) is 0 Å². The lowest BCUT2D eigenvalue weighted by molar-refractivity contribution is 0.191. The van der Waals surface area contributed by atoms with Crippen LogP contribution in [0.5, 0.6) is 0 Å². The highest BCUT2D eigenvalue weighted by molar-refractivity contribution is 6.59. The summed E-state index contributed by atoms with van der Waals surface area (Å²) < 4.78 is 17.3. The van der Waals surface area contributed by atoms with E-state index in [0.717, 1.165) is 13.2 Å². The van der Waals surface area contributed by atoms with Crippen LogP contribution in [0.25, 0.3) is 0 Å². The lowest BCUT2D eigenvalue weighted by Gasteiger charge is -2.27. The SMILES string of the molecule is C1CC[SiH](O[SiH]2CCCCO2)OC1. The lowest BCUT2D eigenvalue weighted by atomic mass is 10.4. The summed E-state index contributed by atoms with van der Waals surface area (Å²) >= 11 is 0. The van der Waals surface area contributed by atoms with E-state index in [1.54, 1.807) is 0 Å². The summed E-state index contributed by atoms with van der Waals surface area (Å²) in [6, 6.07) is 2.40. The highest BCUT2D eigenvalue weighted by atomic mass is 28.4. The van der Waals surface area contributed by atoms with Crippen molar-refractivity contribution in [2.24, 2.45) is 0 Å². The summed E-state index contributed by atoms with van der Waals surface area (Å²) in [6.45, 7) is 1.86. The van der Waals surface area contributed by atoms with Crippen LogP contribution in [0.15, 0.2) is 0 Å². The van der Waals surface area contributed by atoms with Crippen LogP contribution >= 0.6 is 0 Å². The van der Waals surface area contributed by atoms with Crippen LogP contribution < -0.4 is 0 Å². The third-order valence-corrected chi connectivity index (χ3v) is 7.98. The van der Waals surface area contributed by atoms with Crippen LogP contribution in [-0.2, 0) is 13.0 Å². The van der Waals surface area contributed by atoms with Crippen LogP contribution in [0.3, 0.4) is 0 Å². The normalized spacial score (nSPS) is 36.0. The maximum absolute atomic E-state index is 5.97. The fraction of sp³-hybridized carbons (Fsp3) is 1.00. The molecule has 2 saturated heterocycles. The summed E-state index contributed by atoms with van der Waals surface area (Å²) in [5.74, 6) is 0. The largest absolute Gasteiger partial charge is 0.419 e. The van der Waals surface area contributed by atoms with E-state index < -0.39 is 18.6 Å². The molecular weight excluding hydrogens is 200 g/mol. The number of hydrogen-bond acceptors (Lipinski definition) is 3. The van der Waals surface area contributed by atoms with Gasteiger partial charge in [-0.2, -0.15) is 0 Å². The Labute approximate surface area is 83.1 Å². The molecule has 0 spiro atoms. The fourth-order valence-electron chi connectivity index (χ4n) is 1.81. The molecule has 0 aromatic heterocycles. The quantitative estimate of drug-likeness (QED) is 0.649. The molecule has 0 aromatic carbocycles. The van der Waals surface area contributed by atoms with E-state index >= 15 is 0 Å². The number of rotatable bonds is 2. The third-order valence-electron chi connectivity index (χ3n) is 2.58. The van der Waals surface area contributed by atoms with Crippen molar-refractivity contribution in [1.82, 2.24) is 0 Å². The van der Waals surface area contributed by atoms with Gasteiger partial charge in [0.05, 0.1) is 0 Å². The van der Waals surface area contributed by atoms with Gasteiger partial charge in [0.2, 0.25) is 0 Å². The minimum Gasteiger partial charge on any atom is -0.419 e.